The third kappa shape index (κ3) is 3.47. The number of ether oxygens (including phenoxy) is 1. The molecule has 2 aromatic rings. The zero-order valence-electron chi connectivity index (χ0n) is 11.1. The molecule has 0 amide bonds. The summed E-state index contributed by atoms with van der Waals surface area (Å²) < 4.78 is 30.9. The maximum absolute atomic E-state index is 13.3. The maximum atomic E-state index is 13.3. The smallest absolute Gasteiger partial charge is 0.333 e. The number of hydrogen-bond donors (Lipinski definition) is 2. The first kappa shape index (κ1) is 14.8. The van der Waals surface area contributed by atoms with Gasteiger partial charge < -0.3 is 15.2 Å². The number of hydrogen-bond acceptors (Lipinski definition) is 4. The van der Waals surface area contributed by atoms with E-state index in [2.05, 4.69) is 10.1 Å². The highest BCUT2D eigenvalue weighted by Crippen LogP contribution is 2.29. The summed E-state index contributed by atoms with van der Waals surface area (Å²) >= 11 is 0. The zero-order chi connectivity index (χ0) is 15.4. The molecule has 1 unspecified atom stereocenters. The van der Waals surface area contributed by atoms with E-state index in [4.69, 9.17) is 0 Å². The Kier molecular flexibility index (Phi) is 4.37. The first-order valence-electron chi connectivity index (χ1n) is 6.09. The molecule has 2 rings (SSSR count). The molecule has 0 aliphatic rings. The number of rotatable bonds is 4. The first-order valence-corrected chi connectivity index (χ1v) is 6.09. The lowest BCUT2D eigenvalue weighted by Gasteiger charge is -2.19. The van der Waals surface area contributed by atoms with Gasteiger partial charge in [0.25, 0.3) is 0 Å². The van der Waals surface area contributed by atoms with E-state index in [-0.39, 0.29) is 11.3 Å². The van der Waals surface area contributed by atoms with Crippen LogP contribution in [0.25, 0.3) is 0 Å². The molecule has 0 aliphatic heterocycles. The molecule has 0 heterocycles. The second-order valence-electron chi connectivity index (χ2n) is 4.31. The summed E-state index contributed by atoms with van der Waals surface area (Å²) in [6.07, 6.45) is 0. The normalized spacial score (nSPS) is 11.8. The van der Waals surface area contributed by atoms with Gasteiger partial charge in [-0.25, -0.2) is 13.6 Å². The molecule has 110 valence electrons. The molecule has 0 saturated carbocycles. The molecular formula is C15H13F2NO3. The minimum atomic E-state index is -1.11. The second kappa shape index (κ2) is 6.21. The third-order valence-electron chi connectivity index (χ3n) is 2.89. The molecule has 4 nitrogen and oxygen atoms in total. The Hall–Kier alpha value is -2.63. The van der Waals surface area contributed by atoms with Crippen LogP contribution in [-0.2, 0) is 9.53 Å². The Bertz CT molecular complexity index is 644. The zero-order valence-corrected chi connectivity index (χ0v) is 11.1. The van der Waals surface area contributed by atoms with Gasteiger partial charge in [-0.1, -0.05) is 0 Å². The Morgan fingerprint density at radius 1 is 1.14 bits per heavy atom. The molecule has 0 radical (unpaired) electrons. The van der Waals surface area contributed by atoms with Crippen LogP contribution >= 0.6 is 0 Å². The summed E-state index contributed by atoms with van der Waals surface area (Å²) in [6.45, 7) is 0. The second-order valence-corrected chi connectivity index (χ2v) is 4.31. The van der Waals surface area contributed by atoms with Crippen LogP contribution in [0.2, 0.25) is 0 Å². The molecule has 21 heavy (non-hydrogen) atoms. The van der Waals surface area contributed by atoms with Crippen molar-refractivity contribution in [2.24, 2.45) is 0 Å². The summed E-state index contributed by atoms with van der Waals surface area (Å²) in [5.41, 5.74) is 0.460. The van der Waals surface area contributed by atoms with E-state index < -0.39 is 23.6 Å². The van der Waals surface area contributed by atoms with E-state index in [9.17, 15) is 18.7 Å². The van der Waals surface area contributed by atoms with E-state index in [0.717, 1.165) is 18.2 Å². The van der Waals surface area contributed by atoms with Crippen LogP contribution in [-0.4, -0.2) is 18.2 Å². The highest BCUT2D eigenvalue weighted by Gasteiger charge is 2.24. The van der Waals surface area contributed by atoms with E-state index >= 15 is 0 Å². The average molecular weight is 293 g/mol. The van der Waals surface area contributed by atoms with Gasteiger partial charge in [-0.3, -0.25) is 0 Å². The molecule has 0 saturated heterocycles. The van der Waals surface area contributed by atoms with Gasteiger partial charge in [0.1, 0.15) is 17.4 Å². The monoisotopic (exact) mass is 293 g/mol. The van der Waals surface area contributed by atoms with Crippen molar-refractivity contribution in [3.63, 3.8) is 0 Å². The van der Waals surface area contributed by atoms with Crippen molar-refractivity contribution in [3.8, 4) is 5.75 Å². The number of nitrogens with one attached hydrogen (secondary N) is 1. The lowest BCUT2D eigenvalue weighted by atomic mass is 10.0. The molecule has 1 atom stereocenters. The summed E-state index contributed by atoms with van der Waals surface area (Å²) in [7, 11) is 1.18. The van der Waals surface area contributed by atoms with Gasteiger partial charge in [0.2, 0.25) is 0 Å². The summed E-state index contributed by atoms with van der Waals surface area (Å²) in [5.74, 6) is -1.98. The highest BCUT2D eigenvalue weighted by molar-refractivity contribution is 5.82. The average Bonchev–Trinajstić information content (AvgIpc) is 2.48. The molecule has 6 heteroatoms. The van der Waals surface area contributed by atoms with E-state index in [1.165, 1.54) is 31.4 Å². The standard InChI is InChI=1S/C15H13F2NO3/c1-21-15(20)14(12-8-10(17)4-7-13(12)19)18-11-5-2-9(16)3-6-11/h2-8,14,18-19H,1H3. The van der Waals surface area contributed by atoms with Crippen molar-refractivity contribution in [1.29, 1.82) is 0 Å². The van der Waals surface area contributed by atoms with Gasteiger partial charge in [0.15, 0.2) is 6.04 Å². The number of aromatic hydroxyl groups is 1. The minimum absolute atomic E-state index is 0.0335. The van der Waals surface area contributed by atoms with Crippen molar-refractivity contribution >= 4 is 11.7 Å². The lowest BCUT2D eigenvalue weighted by Crippen LogP contribution is -2.22. The Morgan fingerprint density at radius 2 is 1.76 bits per heavy atom. The number of phenolic OH excluding ortho intramolecular Hbond substituents is 1. The van der Waals surface area contributed by atoms with Gasteiger partial charge in [0, 0.05) is 11.3 Å². The molecule has 0 spiro atoms. The number of methoxy groups -OCH3 is 1. The fourth-order valence-electron chi connectivity index (χ4n) is 1.85. The highest BCUT2D eigenvalue weighted by atomic mass is 19.1. The Balaban J connectivity index is 2.36. The van der Waals surface area contributed by atoms with Crippen molar-refractivity contribution in [2.75, 3.05) is 12.4 Å². The summed E-state index contributed by atoms with van der Waals surface area (Å²) in [5, 5.41) is 12.6. The molecule has 0 aliphatic carbocycles. The molecule has 0 fully saturated rings. The molecule has 0 bridgehead atoms. The number of benzene rings is 2. The van der Waals surface area contributed by atoms with Crippen molar-refractivity contribution < 1.29 is 23.4 Å². The van der Waals surface area contributed by atoms with Gasteiger partial charge in [-0.05, 0) is 42.5 Å². The minimum Gasteiger partial charge on any atom is -0.508 e. The lowest BCUT2D eigenvalue weighted by molar-refractivity contribution is -0.141. The Morgan fingerprint density at radius 3 is 2.38 bits per heavy atom. The van der Waals surface area contributed by atoms with Crippen LogP contribution < -0.4 is 5.32 Å². The molecular weight excluding hydrogens is 280 g/mol. The molecule has 0 aromatic heterocycles. The predicted molar refractivity (Wildman–Crippen MR) is 72.8 cm³/mol. The van der Waals surface area contributed by atoms with Crippen molar-refractivity contribution in [2.45, 2.75) is 6.04 Å². The molecule has 2 aromatic carbocycles. The Labute approximate surface area is 120 Å². The molecule has 2 N–H and O–H groups in total. The SMILES string of the molecule is COC(=O)C(Nc1ccc(F)cc1)c1cc(F)ccc1O. The summed E-state index contributed by atoms with van der Waals surface area (Å²) in [6, 6.07) is 7.40. The van der Waals surface area contributed by atoms with E-state index in [1.807, 2.05) is 0 Å². The topological polar surface area (TPSA) is 58.6 Å². The largest absolute Gasteiger partial charge is 0.508 e. The number of halogens is 2. The third-order valence-corrected chi connectivity index (χ3v) is 2.89. The van der Waals surface area contributed by atoms with Crippen LogP contribution in [0.5, 0.6) is 5.75 Å². The predicted octanol–water partition coefficient (Wildman–Crippen LogP) is 3.00. The number of anilines is 1. The van der Waals surface area contributed by atoms with Gasteiger partial charge in [0.05, 0.1) is 7.11 Å². The van der Waals surface area contributed by atoms with Crippen LogP contribution in [0.3, 0.4) is 0 Å². The fourth-order valence-corrected chi connectivity index (χ4v) is 1.85. The maximum Gasteiger partial charge on any atom is 0.333 e. The van der Waals surface area contributed by atoms with E-state index in [0.29, 0.717) is 5.69 Å². The van der Waals surface area contributed by atoms with Gasteiger partial charge in [-0.2, -0.15) is 0 Å². The van der Waals surface area contributed by atoms with Crippen molar-refractivity contribution in [3.05, 3.63) is 59.7 Å². The number of carbonyl (C=O) groups is 1. The summed E-state index contributed by atoms with van der Waals surface area (Å²) in [4.78, 5) is 11.9. The van der Waals surface area contributed by atoms with Crippen LogP contribution in [0.15, 0.2) is 42.5 Å². The van der Waals surface area contributed by atoms with Crippen LogP contribution in [0, 0.1) is 11.6 Å². The van der Waals surface area contributed by atoms with Crippen molar-refractivity contribution in [1.82, 2.24) is 0 Å². The fraction of sp³-hybridized carbons (Fsp3) is 0.133. The van der Waals surface area contributed by atoms with Gasteiger partial charge in [-0.15, -0.1) is 0 Å². The van der Waals surface area contributed by atoms with Crippen LogP contribution in [0.1, 0.15) is 11.6 Å². The van der Waals surface area contributed by atoms with E-state index in [1.54, 1.807) is 0 Å². The van der Waals surface area contributed by atoms with Gasteiger partial charge >= 0.3 is 5.97 Å². The number of phenols is 1. The quantitative estimate of drug-likeness (QED) is 0.851. The van der Waals surface area contributed by atoms with Crippen LogP contribution in [0.4, 0.5) is 14.5 Å². The number of carbonyl (C=O) groups excluding carboxylic acids is 1. The number of esters is 1. The first-order chi connectivity index (χ1) is 10.0.